The Kier molecular flexibility index (Phi) is 5.93. The molecule has 0 radical (unpaired) electrons. The van der Waals surface area contributed by atoms with Gasteiger partial charge in [0, 0.05) is 30.2 Å². The van der Waals surface area contributed by atoms with Crippen molar-refractivity contribution in [2.45, 2.75) is 33.4 Å². The maximum atomic E-state index is 13.2. The number of hydrogen-bond donors (Lipinski definition) is 1. The Morgan fingerprint density at radius 3 is 2.48 bits per heavy atom. The molecule has 0 saturated heterocycles. The number of rotatable bonds is 7. The number of carbonyl (C=O) groups is 1. The number of nitrogens with one attached hydrogen (secondary N) is 1. The lowest BCUT2D eigenvalue weighted by Gasteiger charge is -2.11. The molecule has 1 amide bonds. The molecule has 1 N–H and O–H groups in total. The third-order valence-electron chi connectivity index (χ3n) is 5.34. The van der Waals surface area contributed by atoms with Gasteiger partial charge in [0.25, 0.3) is 0 Å². The second-order valence-corrected chi connectivity index (χ2v) is 7.46. The average molecular weight is 417 g/mol. The summed E-state index contributed by atoms with van der Waals surface area (Å²) in [4.78, 5) is 12.7. The van der Waals surface area contributed by atoms with Crippen LogP contribution in [-0.4, -0.2) is 25.5 Å². The van der Waals surface area contributed by atoms with Crippen molar-refractivity contribution in [1.82, 2.24) is 24.9 Å². The number of carbonyl (C=O) groups excluding carboxylic acids is 1. The Hall–Kier alpha value is -3.74. The van der Waals surface area contributed by atoms with E-state index in [1.54, 1.807) is 23.0 Å². The highest BCUT2D eigenvalue weighted by atomic mass is 19.1. The van der Waals surface area contributed by atoms with E-state index in [0.717, 1.165) is 33.8 Å². The predicted molar refractivity (Wildman–Crippen MR) is 116 cm³/mol. The maximum absolute atomic E-state index is 13.2. The molecule has 0 bridgehead atoms. The molecule has 2 heterocycles. The van der Waals surface area contributed by atoms with Gasteiger partial charge >= 0.3 is 0 Å². The van der Waals surface area contributed by atoms with Gasteiger partial charge in [-0.1, -0.05) is 24.3 Å². The van der Waals surface area contributed by atoms with Crippen LogP contribution in [-0.2, 0) is 24.3 Å². The highest BCUT2D eigenvalue weighted by Crippen LogP contribution is 2.19. The van der Waals surface area contributed by atoms with Crippen molar-refractivity contribution in [2.75, 3.05) is 0 Å². The summed E-state index contributed by atoms with van der Waals surface area (Å²) in [6.07, 6.45) is 3.90. The van der Waals surface area contributed by atoms with E-state index in [1.807, 2.05) is 55.1 Å². The molecular weight excluding hydrogens is 393 g/mol. The zero-order valence-corrected chi connectivity index (χ0v) is 17.5. The summed E-state index contributed by atoms with van der Waals surface area (Å²) < 4.78 is 16.8. The number of aromatic nitrogens is 4. The first-order valence-electron chi connectivity index (χ1n) is 10.1. The van der Waals surface area contributed by atoms with Crippen LogP contribution in [0, 0.1) is 19.7 Å². The van der Waals surface area contributed by atoms with Gasteiger partial charge in [0.15, 0.2) is 0 Å². The second-order valence-electron chi connectivity index (χ2n) is 7.46. The summed E-state index contributed by atoms with van der Waals surface area (Å²) in [7, 11) is 0. The summed E-state index contributed by atoms with van der Waals surface area (Å²) in [6, 6.07) is 16.1. The van der Waals surface area contributed by atoms with Crippen molar-refractivity contribution in [3.8, 4) is 5.69 Å². The molecule has 158 valence electrons. The summed E-state index contributed by atoms with van der Waals surface area (Å²) in [6.45, 7) is 4.91. The summed E-state index contributed by atoms with van der Waals surface area (Å²) in [5, 5.41) is 11.8. The van der Waals surface area contributed by atoms with Gasteiger partial charge < -0.3 is 5.32 Å². The summed E-state index contributed by atoms with van der Waals surface area (Å²) in [5.41, 5.74) is 5.48. The zero-order chi connectivity index (χ0) is 21.8. The molecule has 0 aliphatic heterocycles. The van der Waals surface area contributed by atoms with E-state index in [9.17, 15) is 9.18 Å². The Balaban J connectivity index is 1.44. The molecule has 0 atom stereocenters. The highest BCUT2D eigenvalue weighted by Gasteiger charge is 2.16. The molecule has 2 aromatic carbocycles. The fraction of sp³-hybridized carbons (Fsp3) is 0.208. The van der Waals surface area contributed by atoms with Gasteiger partial charge in [-0.15, -0.1) is 0 Å². The normalized spacial score (nSPS) is 10.9. The van der Waals surface area contributed by atoms with Gasteiger partial charge in [0.1, 0.15) is 5.82 Å². The molecule has 4 aromatic rings. The number of nitrogens with zero attached hydrogens (tertiary/aromatic N) is 4. The Morgan fingerprint density at radius 2 is 1.77 bits per heavy atom. The Morgan fingerprint density at radius 1 is 1.03 bits per heavy atom. The van der Waals surface area contributed by atoms with Crippen LogP contribution < -0.4 is 5.32 Å². The van der Waals surface area contributed by atoms with E-state index in [1.165, 1.54) is 12.1 Å². The first-order chi connectivity index (χ1) is 15.0. The molecule has 0 spiro atoms. The number of halogens is 1. The minimum atomic E-state index is -0.294. The number of amides is 1. The predicted octanol–water partition coefficient (Wildman–Crippen LogP) is 3.73. The molecule has 7 heteroatoms. The lowest BCUT2D eigenvalue weighted by Crippen LogP contribution is -2.25. The summed E-state index contributed by atoms with van der Waals surface area (Å²) >= 11 is 0. The second kappa shape index (κ2) is 8.95. The molecular formula is C24H24FN5O. The van der Waals surface area contributed by atoms with E-state index in [4.69, 9.17) is 0 Å². The van der Waals surface area contributed by atoms with Crippen LogP contribution in [0.3, 0.4) is 0 Å². The standard InChI is InChI=1S/C24H24FN5O/c1-17-23(18(2)30(28-17)22-10-8-21(25)9-11-22)14-24(31)26-15-19-6-3-4-7-20(19)16-29-13-5-12-27-29/h3-13H,14-16H2,1-2H3,(H,26,31). The first kappa shape index (κ1) is 20.5. The fourth-order valence-corrected chi connectivity index (χ4v) is 3.63. The monoisotopic (exact) mass is 417 g/mol. The molecule has 0 saturated carbocycles. The minimum Gasteiger partial charge on any atom is -0.352 e. The van der Waals surface area contributed by atoms with Gasteiger partial charge in [-0.05, 0) is 55.3 Å². The van der Waals surface area contributed by atoms with E-state index >= 15 is 0 Å². The van der Waals surface area contributed by atoms with Gasteiger partial charge in [-0.25, -0.2) is 9.07 Å². The number of hydrogen-bond acceptors (Lipinski definition) is 3. The maximum Gasteiger partial charge on any atom is 0.224 e. The van der Waals surface area contributed by atoms with E-state index in [-0.39, 0.29) is 18.1 Å². The van der Waals surface area contributed by atoms with Crippen molar-refractivity contribution in [1.29, 1.82) is 0 Å². The van der Waals surface area contributed by atoms with Crippen molar-refractivity contribution in [3.05, 3.63) is 101 Å². The molecule has 31 heavy (non-hydrogen) atoms. The van der Waals surface area contributed by atoms with E-state index in [0.29, 0.717) is 13.1 Å². The van der Waals surface area contributed by atoms with Crippen LogP contribution in [0.4, 0.5) is 4.39 Å². The Bertz CT molecular complexity index is 1180. The molecule has 6 nitrogen and oxygen atoms in total. The van der Waals surface area contributed by atoms with Crippen LogP contribution in [0.15, 0.2) is 67.0 Å². The molecule has 0 aliphatic carbocycles. The minimum absolute atomic E-state index is 0.0706. The van der Waals surface area contributed by atoms with Gasteiger partial charge in [0.2, 0.25) is 5.91 Å². The van der Waals surface area contributed by atoms with Gasteiger partial charge in [0.05, 0.1) is 24.3 Å². The lowest BCUT2D eigenvalue weighted by atomic mass is 10.1. The van der Waals surface area contributed by atoms with Crippen LogP contribution in [0.5, 0.6) is 0 Å². The SMILES string of the molecule is Cc1nn(-c2ccc(F)cc2)c(C)c1CC(=O)NCc1ccccc1Cn1cccn1. The largest absolute Gasteiger partial charge is 0.352 e. The molecule has 4 rings (SSSR count). The van der Waals surface area contributed by atoms with Gasteiger partial charge in [-0.3, -0.25) is 9.48 Å². The molecule has 0 aliphatic rings. The van der Waals surface area contributed by atoms with Crippen molar-refractivity contribution >= 4 is 5.91 Å². The lowest BCUT2D eigenvalue weighted by molar-refractivity contribution is -0.120. The van der Waals surface area contributed by atoms with Crippen molar-refractivity contribution in [3.63, 3.8) is 0 Å². The Labute approximate surface area is 180 Å². The zero-order valence-electron chi connectivity index (χ0n) is 17.5. The fourth-order valence-electron chi connectivity index (χ4n) is 3.63. The van der Waals surface area contributed by atoms with Crippen LogP contribution in [0.2, 0.25) is 0 Å². The van der Waals surface area contributed by atoms with E-state index < -0.39 is 0 Å². The molecule has 0 unspecified atom stereocenters. The third kappa shape index (κ3) is 4.71. The van der Waals surface area contributed by atoms with Crippen LogP contribution in [0.1, 0.15) is 28.1 Å². The number of aryl methyl sites for hydroxylation is 1. The first-order valence-corrected chi connectivity index (χ1v) is 10.1. The topological polar surface area (TPSA) is 64.7 Å². The quantitative estimate of drug-likeness (QED) is 0.498. The summed E-state index contributed by atoms with van der Waals surface area (Å²) in [5.74, 6) is -0.364. The molecule has 0 fully saturated rings. The van der Waals surface area contributed by atoms with Crippen molar-refractivity contribution < 1.29 is 9.18 Å². The van der Waals surface area contributed by atoms with Crippen LogP contribution >= 0.6 is 0 Å². The highest BCUT2D eigenvalue weighted by molar-refractivity contribution is 5.79. The molecule has 2 aromatic heterocycles. The third-order valence-corrected chi connectivity index (χ3v) is 5.34. The smallest absolute Gasteiger partial charge is 0.224 e. The average Bonchev–Trinajstić information content (AvgIpc) is 3.37. The number of benzene rings is 2. The van der Waals surface area contributed by atoms with Crippen molar-refractivity contribution in [2.24, 2.45) is 0 Å². The van der Waals surface area contributed by atoms with Gasteiger partial charge in [-0.2, -0.15) is 10.2 Å². The van der Waals surface area contributed by atoms with Crippen LogP contribution in [0.25, 0.3) is 5.69 Å². The van der Waals surface area contributed by atoms with E-state index in [2.05, 4.69) is 15.5 Å².